The van der Waals surface area contributed by atoms with Gasteiger partial charge >= 0.3 is 0 Å². The van der Waals surface area contributed by atoms with Gasteiger partial charge in [-0.3, -0.25) is 9.10 Å². The van der Waals surface area contributed by atoms with Crippen LogP contribution in [-0.2, 0) is 14.8 Å². The fourth-order valence-corrected chi connectivity index (χ4v) is 5.52. The molecule has 10 heteroatoms. The number of sulfonamides is 1. The van der Waals surface area contributed by atoms with Gasteiger partial charge in [0, 0.05) is 17.8 Å². The number of benzene rings is 3. The third kappa shape index (κ3) is 5.91. The molecule has 0 saturated heterocycles. The molecule has 0 unspecified atom stereocenters. The van der Waals surface area contributed by atoms with Crippen LogP contribution in [0.25, 0.3) is 0 Å². The summed E-state index contributed by atoms with van der Waals surface area (Å²) in [4.78, 5) is 13.2. The van der Waals surface area contributed by atoms with E-state index in [1.807, 2.05) is 32.9 Å². The van der Waals surface area contributed by atoms with E-state index >= 15 is 0 Å². The summed E-state index contributed by atoms with van der Waals surface area (Å²) in [7, 11) is 1.48. The maximum atomic E-state index is 14.0. The molecular formula is C27H32N2O7S. The highest BCUT2D eigenvalue weighted by molar-refractivity contribution is 7.92. The van der Waals surface area contributed by atoms with Crippen molar-refractivity contribution in [2.45, 2.75) is 25.7 Å². The van der Waals surface area contributed by atoms with E-state index in [9.17, 15) is 13.2 Å². The van der Waals surface area contributed by atoms with E-state index in [2.05, 4.69) is 5.32 Å². The summed E-state index contributed by atoms with van der Waals surface area (Å²) in [6.07, 6.45) is 0. The highest BCUT2D eigenvalue weighted by atomic mass is 32.2. The first-order valence-electron chi connectivity index (χ1n) is 11.4. The van der Waals surface area contributed by atoms with Crippen molar-refractivity contribution >= 4 is 27.3 Å². The quantitative estimate of drug-likeness (QED) is 0.414. The number of rotatable bonds is 10. The summed E-state index contributed by atoms with van der Waals surface area (Å²) in [5.41, 5.74) is 3.59. The maximum absolute atomic E-state index is 14.0. The van der Waals surface area contributed by atoms with Gasteiger partial charge in [0.1, 0.15) is 18.0 Å². The van der Waals surface area contributed by atoms with Crippen LogP contribution in [-0.4, -0.2) is 49.3 Å². The molecule has 3 aromatic carbocycles. The molecule has 9 nitrogen and oxygen atoms in total. The predicted octanol–water partition coefficient (Wildman–Crippen LogP) is 4.48. The smallest absolute Gasteiger partial charge is 0.265 e. The van der Waals surface area contributed by atoms with Crippen LogP contribution < -0.4 is 28.6 Å². The van der Waals surface area contributed by atoms with Crippen LogP contribution in [0.2, 0.25) is 0 Å². The molecule has 0 heterocycles. The normalized spacial score (nSPS) is 11.0. The van der Waals surface area contributed by atoms with Gasteiger partial charge in [0.2, 0.25) is 5.91 Å². The van der Waals surface area contributed by atoms with Gasteiger partial charge in [-0.25, -0.2) is 8.42 Å². The molecule has 0 aliphatic carbocycles. The molecule has 1 amide bonds. The SMILES string of the molecule is COc1ccc(OC)c(N(CC(=O)Nc2c(C)cc(C)cc2C)S(=O)(=O)c2ccc(OC)c(OC)c2)c1. The van der Waals surface area contributed by atoms with Gasteiger partial charge in [-0.2, -0.15) is 0 Å². The molecule has 0 spiro atoms. The number of carbonyl (C=O) groups excluding carboxylic acids is 1. The van der Waals surface area contributed by atoms with Crippen molar-refractivity contribution in [3.8, 4) is 23.0 Å². The van der Waals surface area contributed by atoms with Crippen LogP contribution >= 0.6 is 0 Å². The van der Waals surface area contributed by atoms with Crippen LogP contribution in [0, 0.1) is 20.8 Å². The predicted molar refractivity (Wildman–Crippen MR) is 143 cm³/mol. The number of hydrogen-bond acceptors (Lipinski definition) is 7. The minimum absolute atomic E-state index is 0.0921. The number of aryl methyl sites for hydroxylation is 3. The number of nitrogens with one attached hydrogen (secondary N) is 1. The second-order valence-electron chi connectivity index (χ2n) is 8.39. The summed E-state index contributed by atoms with van der Waals surface area (Å²) in [5, 5.41) is 2.87. The number of anilines is 2. The van der Waals surface area contributed by atoms with Crippen molar-refractivity contribution in [3.63, 3.8) is 0 Å². The van der Waals surface area contributed by atoms with Gasteiger partial charge < -0.3 is 24.3 Å². The lowest BCUT2D eigenvalue weighted by Gasteiger charge is -2.26. The van der Waals surface area contributed by atoms with Crippen LogP contribution in [0.3, 0.4) is 0 Å². The number of carbonyl (C=O) groups is 1. The Bertz CT molecular complexity index is 1380. The summed E-state index contributed by atoms with van der Waals surface area (Å²) in [6, 6.07) is 12.9. The summed E-state index contributed by atoms with van der Waals surface area (Å²) in [6.45, 7) is 5.22. The average Bonchev–Trinajstić information content (AvgIpc) is 2.88. The van der Waals surface area contributed by atoms with Gasteiger partial charge in [0.05, 0.1) is 39.0 Å². The van der Waals surface area contributed by atoms with Gasteiger partial charge in [-0.05, 0) is 56.2 Å². The Morgan fingerprint density at radius 1 is 0.784 bits per heavy atom. The van der Waals surface area contributed by atoms with Crippen molar-refractivity contribution in [2.75, 3.05) is 44.6 Å². The van der Waals surface area contributed by atoms with Gasteiger partial charge in [-0.15, -0.1) is 0 Å². The van der Waals surface area contributed by atoms with Gasteiger partial charge in [0.25, 0.3) is 10.0 Å². The fourth-order valence-electron chi connectivity index (χ4n) is 4.08. The van der Waals surface area contributed by atoms with Crippen molar-refractivity contribution in [1.29, 1.82) is 0 Å². The summed E-state index contributed by atoms with van der Waals surface area (Å²) in [5.74, 6) is 0.727. The van der Waals surface area contributed by atoms with Crippen molar-refractivity contribution in [1.82, 2.24) is 0 Å². The Hall–Kier alpha value is -3.92. The fraction of sp³-hybridized carbons (Fsp3) is 0.296. The standard InChI is InChI=1S/C27H32N2O7S/c1-17-12-18(2)27(19(3)13-17)28-26(30)16-29(22-14-20(33-4)8-10-23(22)34-5)37(31,32)21-9-11-24(35-6)25(15-21)36-7/h8-15H,16H2,1-7H3,(H,28,30). The van der Waals surface area contributed by atoms with E-state index < -0.39 is 22.5 Å². The second kappa shape index (κ2) is 11.4. The van der Waals surface area contributed by atoms with Crippen LogP contribution in [0.15, 0.2) is 53.4 Å². The molecule has 0 aliphatic heterocycles. The number of ether oxygens (including phenoxy) is 4. The molecule has 0 aliphatic rings. The van der Waals surface area contributed by atoms with Crippen LogP contribution in [0.5, 0.6) is 23.0 Å². The molecule has 0 atom stereocenters. The van der Waals surface area contributed by atoms with Crippen molar-refractivity contribution in [2.24, 2.45) is 0 Å². The van der Waals surface area contributed by atoms with Crippen molar-refractivity contribution in [3.05, 3.63) is 65.2 Å². The summed E-state index contributed by atoms with van der Waals surface area (Å²) >= 11 is 0. The number of amides is 1. The highest BCUT2D eigenvalue weighted by Gasteiger charge is 2.31. The first-order chi connectivity index (χ1) is 17.5. The zero-order valence-electron chi connectivity index (χ0n) is 22.0. The molecule has 0 radical (unpaired) electrons. The Morgan fingerprint density at radius 3 is 1.95 bits per heavy atom. The zero-order chi connectivity index (χ0) is 27.3. The Morgan fingerprint density at radius 2 is 1.38 bits per heavy atom. The second-order valence-corrected chi connectivity index (χ2v) is 10.3. The third-order valence-electron chi connectivity index (χ3n) is 5.83. The van der Waals surface area contributed by atoms with E-state index in [-0.39, 0.29) is 22.1 Å². The molecule has 3 aromatic rings. The molecule has 0 aromatic heterocycles. The molecule has 37 heavy (non-hydrogen) atoms. The molecule has 3 rings (SSSR count). The first kappa shape index (κ1) is 27.7. The first-order valence-corrected chi connectivity index (χ1v) is 12.8. The van der Waals surface area contributed by atoms with Gasteiger partial charge in [-0.1, -0.05) is 17.7 Å². The van der Waals surface area contributed by atoms with Crippen molar-refractivity contribution < 1.29 is 32.2 Å². The average molecular weight is 529 g/mol. The maximum Gasteiger partial charge on any atom is 0.265 e. The highest BCUT2D eigenvalue weighted by Crippen LogP contribution is 2.37. The lowest BCUT2D eigenvalue weighted by atomic mass is 10.1. The Balaban J connectivity index is 2.12. The van der Waals surface area contributed by atoms with E-state index in [4.69, 9.17) is 18.9 Å². The van der Waals surface area contributed by atoms with E-state index in [0.717, 1.165) is 21.0 Å². The lowest BCUT2D eigenvalue weighted by molar-refractivity contribution is -0.114. The largest absolute Gasteiger partial charge is 0.497 e. The minimum atomic E-state index is -4.28. The Kier molecular flexibility index (Phi) is 8.54. The number of methoxy groups -OCH3 is 4. The van der Waals surface area contributed by atoms with Crippen LogP contribution in [0.1, 0.15) is 16.7 Å². The minimum Gasteiger partial charge on any atom is -0.497 e. The molecule has 1 N–H and O–H groups in total. The molecule has 198 valence electrons. The van der Waals surface area contributed by atoms with Gasteiger partial charge in [0.15, 0.2) is 11.5 Å². The molecule has 0 bridgehead atoms. The van der Waals surface area contributed by atoms with Crippen LogP contribution in [0.4, 0.5) is 11.4 Å². The topological polar surface area (TPSA) is 103 Å². The molecule has 0 saturated carbocycles. The molecule has 0 fully saturated rings. The number of nitrogens with zero attached hydrogens (tertiary/aromatic N) is 1. The Labute approximate surface area is 218 Å². The number of hydrogen-bond donors (Lipinski definition) is 1. The third-order valence-corrected chi connectivity index (χ3v) is 7.58. The lowest BCUT2D eigenvalue weighted by Crippen LogP contribution is -2.38. The molecular weight excluding hydrogens is 496 g/mol. The monoisotopic (exact) mass is 528 g/mol. The van der Waals surface area contributed by atoms with E-state index in [0.29, 0.717) is 17.2 Å². The summed E-state index contributed by atoms with van der Waals surface area (Å²) < 4.78 is 50.3. The van der Waals surface area contributed by atoms with E-state index in [1.165, 1.54) is 52.7 Å². The zero-order valence-corrected chi connectivity index (χ0v) is 22.9. The van der Waals surface area contributed by atoms with E-state index in [1.54, 1.807) is 12.1 Å².